The zero-order valence-electron chi connectivity index (χ0n) is 13.4. The first-order chi connectivity index (χ1) is 9.88. The predicted molar refractivity (Wildman–Crippen MR) is 84.2 cm³/mol. The predicted octanol–water partition coefficient (Wildman–Crippen LogP) is 3.20. The Labute approximate surface area is 127 Å². The van der Waals surface area contributed by atoms with Crippen LogP contribution < -0.4 is 5.32 Å². The van der Waals surface area contributed by atoms with Gasteiger partial charge in [-0.3, -0.25) is 0 Å². The quantitative estimate of drug-likeness (QED) is 0.908. The first kappa shape index (κ1) is 15.8. The van der Waals surface area contributed by atoms with Gasteiger partial charge in [-0.15, -0.1) is 0 Å². The van der Waals surface area contributed by atoms with Gasteiger partial charge >= 0.3 is 6.03 Å². The van der Waals surface area contributed by atoms with Crippen molar-refractivity contribution in [1.82, 2.24) is 10.2 Å². The second kappa shape index (κ2) is 6.48. The van der Waals surface area contributed by atoms with Gasteiger partial charge in [-0.1, -0.05) is 51.1 Å². The summed E-state index contributed by atoms with van der Waals surface area (Å²) in [5.41, 5.74) is 1.21. The standard InChI is InChI=1S/C17H26N2O2/c1-13-15(14-8-6-5-7-9-14)21-11-10-19(13)16(20)18-12-17(2,3)4/h5-9,13,15H,10-12H2,1-4H3,(H,18,20). The maximum atomic E-state index is 12.4. The van der Waals surface area contributed by atoms with Gasteiger partial charge in [-0.05, 0) is 17.9 Å². The van der Waals surface area contributed by atoms with Gasteiger partial charge in [0.2, 0.25) is 0 Å². The number of morpholine rings is 1. The number of carbonyl (C=O) groups excluding carboxylic acids is 1. The van der Waals surface area contributed by atoms with E-state index in [0.29, 0.717) is 19.7 Å². The molecule has 1 fully saturated rings. The number of hydrogen-bond acceptors (Lipinski definition) is 2. The summed E-state index contributed by atoms with van der Waals surface area (Å²) in [5.74, 6) is 0. The summed E-state index contributed by atoms with van der Waals surface area (Å²) in [7, 11) is 0. The molecule has 1 N–H and O–H groups in total. The second-order valence-corrected chi connectivity index (χ2v) is 6.86. The molecule has 0 aromatic heterocycles. The lowest BCUT2D eigenvalue weighted by Crippen LogP contribution is -2.53. The van der Waals surface area contributed by atoms with Gasteiger partial charge in [0.1, 0.15) is 6.10 Å². The van der Waals surface area contributed by atoms with Gasteiger partial charge in [0.05, 0.1) is 12.6 Å². The molecule has 1 aliphatic rings. The summed E-state index contributed by atoms with van der Waals surface area (Å²) >= 11 is 0. The number of ether oxygens (including phenoxy) is 1. The molecule has 0 radical (unpaired) electrons. The Morgan fingerprint density at radius 1 is 1.33 bits per heavy atom. The molecule has 0 bridgehead atoms. The number of rotatable bonds is 2. The minimum Gasteiger partial charge on any atom is -0.370 e. The fourth-order valence-corrected chi connectivity index (χ4v) is 2.53. The Balaban J connectivity index is 2.02. The first-order valence-electron chi connectivity index (χ1n) is 7.59. The van der Waals surface area contributed by atoms with Gasteiger partial charge in [0.15, 0.2) is 0 Å². The summed E-state index contributed by atoms with van der Waals surface area (Å²) in [5, 5.41) is 3.03. The molecule has 1 saturated heterocycles. The zero-order chi connectivity index (χ0) is 15.5. The molecule has 1 aromatic rings. The Kier molecular flexibility index (Phi) is 4.88. The lowest BCUT2D eigenvalue weighted by Gasteiger charge is -2.39. The van der Waals surface area contributed by atoms with E-state index in [0.717, 1.165) is 5.56 Å². The highest BCUT2D eigenvalue weighted by Crippen LogP contribution is 2.28. The Hall–Kier alpha value is -1.55. The zero-order valence-corrected chi connectivity index (χ0v) is 13.4. The lowest BCUT2D eigenvalue weighted by molar-refractivity contribution is -0.0499. The third kappa shape index (κ3) is 4.21. The molecule has 2 atom stereocenters. The molecule has 2 rings (SSSR count). The van der Waals surface area contributed by atoms with Crippen molar-refractivity contribution in [2.45, 2.75) is 39.8 Å². The maximum absolute atomic E-state index is 12.4. The van der Waals surface area contributed by atoms with Crippen molar-refractivity contribution in [2.24, 2.45) is 5.41 Å². The van der Waals surface area contributed by atoms with Crippen LogP contribution in [0.5, 0.6) is 0 Å². The van der Waals surface area contributed by atoms with Crippen LogP contribution in [0.3, 0.4) is 0 Å². The number of carbonyl (C=O) groups is 1. The average molecular weight is 290 g/mol. The summed E-state index contributed by atoms with van der Waals surface area (Å²) in [4.78, 5) is 14.3. The molecular formula is C17H26N2O2. The van der Waals surface area contributed by atoms with Crippen molar-refractivity contribution < 1.29 is 9.53 Å². The molecule has 1 aromatic carbocycles. The van der Waals surface area contributed by atoms with Gasteiger partial charge in [0, 0.05) is 13.1 Å². The summed E-state index contributed by atoms with van der Waals surface area (Å²) in [6, 6.07) is 10.1. The minimum atomic E-state index is -0.0552. The summed E-state index contributed by atoms with van der Waals surface area (Å²) in [6.45, 7) is 10.3. The summed E-state index contributed by atoms with van der Waals surface area (Å²) < 4.78 is 5.88. The van der Waals surface area contributed by atoms with Gasteiger partial charge in [0.25, 0.3) is 0 Å². The van der Waals surface area contributed by atoms with Crippen LogP contribution in [0.4, 0.5) is 4.79 Å². The Morgan fingerprint density at radius 3 is 2.62 bits per heavy atom. The van der Waals surface area contributed by atoms with Crippen LogP contribution in [0, 0.1) is 5.41 Å². The highest BCUT2D eigenvalue weighted by atomic mass is 16.5. The summed E-state index contributed by atoms with van der Waals surface area (Å²) in [6.07, 6.45) is -0.0552. The topological polar surface area (TPSA) is 41.6 Å². The van der Waals surface area contributed by atoms with E-state index in [2.05, 4.69) is 38.2 Å². The molecule has 21 heavy (non-hydrogen) atoms. The van der Waals surface area contributed by atoms with Crippen molar-refractivity contribution >= 4 is 6.03 Å². The van der Waals surface area contributed by atoms with E-state index in [1.807, 2.05) is 30.0 Å². The lowest BCUT2D eigenvalue weighted by atomic mass is 9.97. The van der Waals surface area contributed by atoms with Gasteiger partial charge in [-0.25, -0.2) is 4.79 Å². The molecule has 0 saturated carbocycles. The molecular weight excluding hydrogens is 264 g/mol. The molecule has 1 aliphatic heterocycles. The van der Waals surface area contributed by atoms with E-state index in [1.165, 1.54) is 0 Å². The average Bonchev–Trinajstić information content (AvgIpc) is 2.45. The SMILES string of the molecule is CC1C(c2ccccc2)OCCN1C(=O)NCC(C)(C)C. The van der Waals surface area contributed by atoms with Crippen molar-refractivity contribution in [3.8, 4) is 0 Å². The van der Waals surface area contributed by atoms with Crippen molar-refractivity contribution in [1.29, 1.82) is 0 Å². The third-order valence-electron chi connectivity index (χ3n) is 3.72. The molecule has 4 heteroatoms. The molecule has 116 valence electrons. The van der Waals surface area contributed by atoms with Crippen LogP contribution in [0.15, 0.2) is 30.3 Å². The normalized spacial score (nSPS) is 23.0. The highest BCUT2D eigenvalue weighted by molar-refractivity contribution is 5.74. The van der Waals surface area contributed by atoms with E-state index in [9.17, 15) is 4.79 Å². The van der Waals surface area contributed by atoms with E-state index >= 15 is 0 Å². The van der Waals surface area contributed by atoms with Crippen LogP contribution in [0.2, 0.25) is 0 Å². The van der Waals surface area contributed by atoms with Crippen LogP contribution >= 0.6 is 0 Å². The van der Waals surface area contributed by atoms with Crippen molar-refractivity contribution in [2.75, 3.05) is 19.7 Å². The fraction of sp³-hybridized carbons (Fsp3) is 0.588. The van der Waals surface area contributed by atoms with Crippen LogP contribution in [0.25, 0.3) is 0 Å². The number of amides is 2. The van der Waals surface area contributed by atoms with Crippen molar-refractivity contribution in [3.05, 3.63) is 35.9 Å². The minimum absolute atomic E-state index is 0.00153. The second-order valence-electron chi connectivity index (χ2n) is 6.86. The van der Waals surface area contributed by atoms with Gasteiger partial charge in [-0.2, -0.15) is 0 Å². The Morgan fingerprint density at radius 2 is 2.00 bits per heavy atom. The van der Waals surface area contributed by atoms with E-state index in [-0.39, 0.29) is 23.6 Å². The monoisotopic (exact) mass is 290 g/mol. The van der Waals surface area contributed by atoms with E-state index in [1.54, 1.807) is 0 Å². The highest BCUT2D eigenvalue weighted by Gasteiger charge is 2.33. The number of nitrogens with one attached hydrogen (secondary N) is 1. The van der Waals surface area contributed by atoms with E-state index < -0.39 is 0 Å². The third-order valence-corrected chi connectivity index (χ3v) is 3.72. The van der Waals surface area contributed by atoms with Crippen LogP contribution in [-0.2, 0) is 4.74 Å². The molecule has 1 heterocycles. The van der Waals surface area contributed by atoms with Crippen LogP contribution in [-0.4, -0.2) is 36.7 Å². The fourth-order valence-electron chi connectivity index (χ4n) is 2.53. The number of nitrogens with zero attached hydrogens (tertiary/aromatic N) is 1. The van der Waals surface area contributed by atoms with E-state index in [4.69, 9.17) is 4.74 Å². The molecule has 0 spiro atoms. The largest absolute Gasteiger partial charge is 0.370 e. The van der Waals surface area contributed by atoms with Crippen molar-refractivity contribution in [3.63, 3.8) is 0 Å². The number of benzene rings is 1. The number of urea groups is 1. The molecule has 2 amide bonds. The molecule has 2 unspecified atom stereocenters. The van der Waals surface area contributed by atoms with Crippen LogP contribution in [0.1, 0.15) is 39.4 Å². The Bertz CT molecular complexity index is 467. The molecule has 4 nitrogen and oxygen atoms in total. The first-order valence-corrected chi connectivity index (χ1v) is 7.59. The van der Waals surface area contributed by atoms with Gasteiger partial charge < -0.3 is 15.0 Å². The maximum Gasteiger partial charge on any atom is 0.317 e. The molecule has 0 aliphatic carbocycles. The smallest absolute Gasteiger partial charge is 0.317 e. The number of hydrogen-bond donors (Lipinski definition) is 1.